The smallest absolute Gasteiger partial charge is 0.0854 e. The third-order valence-corrected chi connectivity index (χ3v) is 3.70. The van der Waals surface area contributed by atoms with Crippen LogP contribution in [-0.4, -0.2) is 27.4 Å². The number of benzene rings is 1. The Kier molecular flexibility index (Phi) is 4.40. The molecule has 0 amide bonds. The summed E-state index contributed by atoms with van der Waals surface area (Å²) >= 11 is 1.53. The van der Waals surface area contributed by atoms with Crippen LogP contribution in [0.3, 0.4) is 0 Å². The van der Waals surface area contributed by atoms with E-state index in [0.717, 1.165) is 16.1 Å². The largest absolute Gasteiger partial charge is 0.266 e. The number of aryl methyl sites for hydroxylation is 1. The number of hydrogen-bond donors (Lipinski definition) is 2. The third-order valence-electron chi connectivity index (χ3n) is 2.66. The highest BCUT2D eigenvalue weighted by atomic mass is 32.1. The van der Waals surface area contributed by atoms with Crippen molar-refractivity contribution in [2.75, 3.05) is 6.61 Å². The molecule has 1 atom stereocenters. The Morgan fingerprint density at radius 1 is 1.33 bits per heavy atom. The highest BCUT2D eigenvalue weighted by molar-refractivity contribution is 7.09. The Hall–Kier alpha value is -1.31. The molecule has 2 N–H and O–H groups in total. The van der Waals surface area contributed by atoms with E-state index < -0.39 is 0 Å². The molecule has 0 radical (unpaired) electrons. The predicted molar refractivity (Wildman–Crippen MR) is 66.5 cm³/mol. The molecule has 0 aliphatic carbocycles. The van der Waals surface area contributed by atoms with Gasteiger partial charge >= 0.3 is 0 Å². The zero-order valence-corrected chi connectivity index (χ0v) is 10.7. The Balaban J connectivity index is 2.26. The zero-order chi connectivity index (χ0) is 13.0. The van der Waals surface area contributed by atoms with Crippen molar-refractivity contribution >= 4 is 11.3 Å². The third kappa shape index (κ3) is 3.12. The van der Waals surface area contributed by atoms with Gasteiger partial charge < -0.3 is 0 Å². The molecule has 6 heteroatoms. The first kappa shape index (κ1) is 13.1. The molecular weight excluding hydrogens is 252 g/mol. The molecule has 1 aromatic heterocycles. The molecular formula is C12H14N2O3S. The first-order chi connectivity index (χ1) is 8.68. The molecule has 96 valence electrons. The van der Waals surface area contributed by atoms with E-state index in [0.29, 0.717) is 0 Å². The van der Waals surface area contributed by atoms with Crippen LogP contribution in [0.2, 0.25) is 0 Å². The standard InChI is InChI=1S/C12H14N2O3S/c1-9-12(18-8-13-9)11(7-17-14(15)16)10-5-3-2-4-6-10/h2-6,8,11,15-16H,7H2,1H3. The summed E-state index contributed by atoms with van der Waals surface area (Å²) in [6.07, 6.45) is 0. The van der Waals surface area contributed by atoms with Crippen LogP contribution in [-0.2, 0) is 4.84 Å². The molecule has 5 nitrogen and oxygen atoms in total. The van der Waals surface area contributed by atoms with E-state index in [1.54, 1.807) is 5.51 Å². The lowest BCUT2D eigenvalue weighted by Crippen LogP contribution is -2.19. The molecule has 0 aliphatic heterocycles. The Labute approximate surface area is 109 Å². The van der Waals surface area contributed by atoms with Crippen molar-refractivity contribution in [2.24, 2.45) is 0 Å². The molecule has 1 unspecified atom stereocenters. The van der Waals surface area contributed by atoms with Gasteiger partial charge in [-0.05, 0) is 12.5 Å². The fourth-order valence-electron chi connectivity index (χ4n) is 1.80. The lowest BCUT2D eigenvalue weighted by molar-refractivity contribution is -0.492. The lowest BCUT2D eigenvalue weighted by Gasteiger charge is -2.17. The summed E-state index contributed by atoms with van der Waals surface area (Å²) < 4.78 is 0. The summed E-state index contributed by atoms with van der Waals surface area (Å²) in [6.45, 7) is 2.07. The maximum absolute atomic E-state index is 8.67. The average Bonchev–Trinajstić information content (AvgIpc) is 2.77. The second kappa shape index (κ2) is 6.03. The molecule has 0 bridgehead atoms. The van der Waals surface area contributed by atoms with E-state index in [2.05, 4.69) is 4.98 Å². The minimum atomic E-state index is -0.258. The first-order valence-electron chi connectivity index (χ1n) is 5.44. The van der Waals surface area contributed by atoms with Crippen LogP contribution in [0.1, 0.15) is 22.1 Å². The number of thiazole rings is 1. The minimum Gasteiger partial charge on any atom is -0.266 e. The molecule has 2 aromatic rings. The van der Waals surface area contributed by atoms with Crippen molar-refractivity contribution in [1.82, 2.24) is 10.4 Å². The molecule has 2 rings (SSSR count). The summed E-state index contributed by atoms with van der Waals surface area (Å²) in [5.41, 5.74) is 3.75. The van der Waals surface area contributed by atoms with E-state index >= 15 is 0 Å². The highest BCUT2D eigenvalue weighted by Crippen LogP contribution is 2.30. The molecule has 0 fully saturated rings. The molecule has 1 aromatic carbocycles. The molecule has 0 saturated heterocycles. The number of nitrogens with zero attached hydrogens (tertiary/aromatic N) is 2. The van der Waals surface area contributed by atoms with Crippen LogP contribution in [0, 0.1) is 6.92 Å². The summed E-state index contributed by atoms with van der Waals surface area (Å²) in [5, 5.41) is 17.1. The second-order valence-corrected chi connectivity index (χ2v) is 4.70. The van der Waals surface area contributed by atoms with Crippen molar-refractivity contribution in [1.29, 1.82) is 0 Å². The van der Waals surface area contributed by atoms with Crippen LogP contribution >= 0.6 is 11.3 Å². The molecule has 0 saturated carbocycles. The van der Waals surface area contributed by atoms with Gasteiger partial charge in [0.05, 0.1) is 23.2 Å². The maximum Gasteiger partial charge on any atom is 0.0854 e. The number of hydrogen-bond acceptors (Lipinski definition) is 6. The van der Waals surface area contributed by atoms with Gasteiger partial charge in [-0.1, -0.05) is 30.3 Å². The van der Waals surface area contributed by atoms with Gasteiger partial charge in [-0.15, -0.1) is 11.3 Å². The van der Waals surface area contributed by atoms with E-state index in [1.807, 2.05) is 37.3 Å². The van der Waals surface area contributed by atoms with E-state index in [-0.39, 0.29) is 17.9 Å². The highest BCUT2D eigenvalue weighted by Gasteiger charge is 2.19. The maximum atomic E-state index is 8.67. The zero-order valence-electron chi connectivity index (χ0n) is 9.85. The Morgan fingerprint density at radius 2 is 2.06 bits per heavy atom. The van der Waals surface area contributed by atoms with Gasteiger partial charge in [-0.25, -0.2) is 9.82 Å². The fourth-order valence-corrected chi connectivity index (χ4v) is 2.71. The van der Waals surface area contributed by atoms with Gasteiger partial charge in [0.2, 0.25) is 0 Å². The van der Waals surface area contributed by atoms with Gasteiger partial charge in [0.1, 0.15) is 0 Å². The molecule has 18 heavy (non-hydrogen) atoms. The summed E-state index contributed by atoms with van der Waals surface area (Å²) in [4.78, 5) is 10.0. The van der Waals surface area contributed by atoms with Gasteiger partial charge in [-0.3, -0.25) is 10.4 Å². The minimum absolute atomic E-state index is 0.0690. The Morgan fingerprint density at radius 3 is 2.61 bits per heavy atom. The normalized spacial score (nSPS) is 12.9. The average molecular weight is 266 g/mol. The van der Waals surface area contributed by atoms with Crippen molar-refractivity contribution in [3.8, 4) is 0 Å². The number of rotatable bonds is 5. The number of aromatic nitrogens is 1. The van der Waals surface area contributed by atoms with Crippen LogP contribution in [0.5, 0.6) is 0 Å². The van der Waals surface area contributed by atoms with Crippen molar-refractivity contribution in [3.05, 3.63) is 52.0 Å². The predicted octanol–water partition coefficient (Wildman–Crippen LogP) is 2.60. The fraction of sp³-hybridized carbons (Fsp3) is 0.250. The second-order valence-electron chi connectivity index (χ2n) is 3.81. The van der Waals surface area contributed by atoms with E-state index in [4.69, 9.17) is 15.3 Å². The quantitative estimate of drug-likeness (QED) is 0.814. The van der Waals surface area contributed by atoms with Crippen LogP contribution in [0.4, 0.5) is 0 Å². The van der Waals surface area contributed by atoms with Gasteiger partial charge in [0.25, 0.3) is 0 Å². The van der Waals surface area contributed by atoms with Crippen LogP contribution < -0.4 is 0 Å². The van der Waals surface area contributed by atoms with Crippen LogP contribution in [0.25, 0.3) is 0 Å². The molecule has 1 heterocycles. The first-order valence-corrected chi connectivity index (χ1v) is 6.32. The van der Waals surface area contributed by atoms with Gasteiger partial charge in [0.15, 0.2) is 0 Å². The molecule has 0 spiro atoms. The summed E-state index contributed by atoms with van der Waals surface area (Å²) in [7, 11) is 0. The van der Waals surface area contributed by atoms with E-state index in [9.17, 15) is 0 Å². The SMILES string of the molecule is Cc1ncsc1C(CON(O)O)c1ccccc1. The lowest BCUT2D eigenvalue weighted by atomic mass is 9.97. The van der Waals surface area contributed by atoms with Gasteiger partial charge in [-0.2, -0.15) is 0 Å². The summed E-state index contributed by atoms with van der Waals surface area (Å²) in [6, 6.07) is 9.77. The van der Waals surface area contributed by atoms with Crippen molar-refractivity contribution in [2.45, 2.75) is 12.8 Å². The topological polar surface area (TPSA) is 65.8 Å². The van der Waals surface area contributed by atoms with Gasteiger partial charge in [0, 0.05) is 10.8 Å². The monoisotopic (exact) mass is 266 g/mol. The van der Waals surface area contributed by atoms with E-state index in [1.165, 1.54) is 11.3 Å². The van der Waals surface area contributed by atoms with Crippen molar-refractivity contribution < 1.29 is 15.3 Å². The van der Waals surface area contributed by atoms with Crippen molar-refractivity contribution in [3.63, 3.8) is 0 Å². The van der Waals surface area contributed by atoms with Crippen LogP contribution in [0.15, 0.2) is 35.8 Å². The Bertz CT molecular complexity index is 487. The summed E-state index contributed by atoms with van der Waals surface area (Å²) in [5.74, 6) is -0.0690. The molecule has 0 aliphatic rings.